The number of rotatable bonds is 3. The molecule has 5 nitrogen and oxygen atoms in total. The molecule has 0 unspecified atom stereocenters. The first-order chi connectivity index (χ1) is 16.1. The molecule has 0 aromatic heterocycles. The van der Waals surface area contributed by atoms with E-state index in [2.05, 4.69) is 18.7 Å². The predicted molar refractivity (Wildman–Crippen MR) is 120 cm³/mol. The van der Waals surface area contributed by atoms with Crippen LogP contribution >= 0.6 is 0 Å². The lowest BCUT2D eigenvalue weighted by molar-refractivity contribution is -0.168. The highest BCUT2D eigenvalue weighted by molar-refractivity contribution is 5.77. The maximum atomic E-state index is 13.2. The molecule has 2 saturated carbocycles. The fourth-order valence-corrected chi connectivity index (χ4v) is 7.61. The van der Waals surface area contributed by atoms with Gasteiger partial charge in [0.25, 0.3) is 0 Å². The fourth-order valence-electron chi connectivity index (χ4n) is 7.61. The van der Waals surface area contributed by atoms with E-state index in [1.807, 2.05) is 4.90 Å². The molecule has 0 bridgehead atoms. The van der Waals surface area contributed by atoms with Gasteiger partial charge in [0.2, 0.25) is 0 Å². The number of anilines is 1. The van der Waals surface area contributed by atoms with Crippen LogP contribution in [-0.2, 0) is 20.4 Å². The van der Waals surface area contributed by atoms with Crippen molar-refractivity contribution < 1.29 is 27.4 Å². The Morgan fingerprint density at radius 3 is 2.59 bits per heavy atom. The largest absolute Gasteiger partial charge is 0.455 e. The molecule has 5 aliphatic rings. The number of epoxide rings is 1. The second-order valence-corrected chi connectivity index (χ2v) is 11.3. The van der Waals surface area contributed by atoms with Crippen LogP contribution in [0.25, 0.3) is 0 Å². The van der Waals surface area contributed by atoms with Gasteiger partial charge in [-0.2, -0.15) is 13.2 Å². The zero-order valence-electron chi connectivity index (χ0n) is 19.8. The zero-order valence-corrected chi connectivity index (χ0v) is 19.8. The number of halogens is 3. The van der Waals surface area contributed by atoms with Gasteiger partial charge in [0.1, 0.15) is 11.7 Å². The van der Waals surface area contributed by atoms with Gasteiger partial charge < -0.3 is 14.4 Å². The minimum absolute atomic E-state index is 0.0261. The summed E-state index contributed by atoms with van der Waals surface area (Å²) in [7, 11) is 0. The van der Waals surface area contributed by atoms with Crippen molar-refractivity contribution in [3.63, 3.8) is 0 Å². The first kappa shape index (κ1) is 22.7. The molecule has 186 valence electrons. The van der Waals surface area contributed by atoms with Gasteiger partial charge in [0, 0.05) is 50.2 Å². The average molecular weight is 479 g/mol. The van der Waals surface area contributed by atoms with E-state index in [4.69, 9.17) is 9.47 Å². The molecule has 1 spiro atoms. The van der Waals surface area contributed by atoms with Crippen molar-refractivity contribution in [3.05, 3.63) is 29.8 Å². The second-order valence-electron chi connectivity index (χ2n) is 11.3. The molecule has 5 fully saturated rings. The fraction of sp³-hybridized carbons (Fsp3) is 0.731. The molecule has 34 heavy (non-hydrogen) atoms. The van der Waals surface area contributed by atoms with Crippen molar-refractivity contribution in [2.45, 2.75) is 63.0 Å². The molecule has 1 aromatic rings. The van der Waals surface area contributed by atoms with Gasteiger partial charge in [-0.25, -0.2) is 0 Å². The Labute approximate surface area is 198 Å². The normalized spacial score (nSPS) is 42.0. The smallest absolute Gasteiger partial charge is 0.416 e. The lowest BCUT2D eigenvalue weighted by atomic mass is 9.55. The van der Waals surface area contributed by atoms with Crippen molar-refractivity contribution in [3.8, 4) is 0 Å². The van der Waals surface area contributed by atoms with E-state index in [1.165, 1.54) is 12.1 Å². The lowest BCUT2D eigenvalue weighted by Gasteiger charge is -2.50. The molecule has 0 N–H and O–H groups in total. The number of alkyl halides is 3. The third-order valence-corrected chi connectivity index (χ3v) is 9.46. The summed E-state index contributed by atoms with van der Waals surface area (Å²) in [5.41, 5.74) is -0.622. The SMILES string of the molecule is C[C@@H]1CC[C@@H]2[C@H](CN3CCN(c4cccc(C(F)(F)F)c4)CC3)C(=O)O[C@]23[C@@H]1CC[C@]1(C)O[C@H]31. The van der Waals surface area contributed by atoms with Gasteiger partial charge in [-0.15, -0.1) is 0 Å². The lowest BCUT2D eigenvalue weighted by Crippen LogP contribution is -2.58. The number of hydrogen-bond donors (Lipinski definition) is 0. The van der Waals surface area contributed by atoms with Crippen molar-refractivity contribution >= 4 is 11.7 Å². The molecule has 8 heteroatoms. The highest BCUT2D eigenvalue weighted by atomic mass is 19.4. The van der Waals surface area contributed by atoms with Gasteiger partial charge in [0.05, 0.1) is 17.1 Å². The maximum absolute atomic E-state index is 13.2. The Bertz CT molecular complexity index is 978. The molecule has 0 amide bonds. The Kier molecular flexibility index (Phi) is 5.06. The first-order valence-corrected chi connectivity index (χ1v) is 12.7. The van der Waals surface area contributed by atoms with Crippen LogP contribution in [0.3, 0.4) is 0 Å². The standard InChI is InChI=1S/C26H33F3N2O3/c1-16-6-7-21-19(22(32)33-25(21)20(16)8-9-24(2)23(25)34-24)15-30-10-12-31(13-11-30)18-5-3-4-17(14-18)26(27,28)29/h3-5,14,16,19-21,23H,6-13,15H2,1-2H3/t16-,19+,20-,21-,23+,24+,25-/m1/s1. The van der Waals surface area contributed by atoms with Crippen LogP contribution in [0, 0.1) is 23.7 Å². The van der Waals surface area contributed by atoms with E-state index >= 15 is 0 Å². The van der Waals surface area contributed by atoms with Crippen LogP contribution in [0.1, 0.15) is 45.1 Å². The van der Waals surface area contributed by atoms with Crippen molar-refractivity contribution in [1.82, 2.24) is 4.90 Å². The van der Waals surface area contributed by atoms with E-state index in [9.17, 15) is 18.0 Å². The van der Waals surface area contributed by atoms with E-state index in [1.54, 1.807) is 6.07 Å². The molecule has 2 aliphatic carbocycles. The molecule has 6 rings (SSSR count). The molecule has 3 heterocycles. The molecule has 0 radical (unpaired) electrons. The quantitative estimate of drug-likeness (QED) is 0.478. The summed E-state index contributed by atoms with van der Waals surface area (Å²) in [5, 5.41) is 0. The van der Waals surface area contributed by atoms with Crippen LogP contribution in [0.4, 0.5) is 18.9 Å². The monoisotopic (exact) mass is 478 g/mol. The Balaban J connectivity index is 1.14. The van der Waals surface area contributed by atoms with Gasteiger partial charge >= 0.3 is 12.1 Å². The van der Waals surface area contributed by atoms with Crippen LogP contribution in [0.2, 0.25) is 0 Å². The van der Waals surface area contributed by atoms with Gasteiger partial charge in [-0.05, 0) is 56.7 Å². The summed E-state index contributed by atoms with van der Waals surface area (Å²) in [5.74, 6) is 0.867. The molecular formula is C26H33F3N2O3. The van der Waals surface area contributed by atoms with Crippen molar-refractivity contribution in [2.24, 2.45) is 23.7 Å². The zero-order chi connectivity index (χ0) is 23.9. The van der Waals surface area contributed by atoms with Crippen LogP contribution in [0.5, 0.6) is 0 Å². The van der Waals surface area contributed by atoms with E-state index in [0.29, 0.717) is 37.2 Å². The van der Waals surface area contributed by atoms with Gasteiger partial charge in [-0.3, -0.25) is 9.69 Å². The Hall–Kier alpha value is -1.80. The number of nitrogens with zero attached hydrogens (tertiary/aromatic N) is 2. The van der Waals surface area contributed by atoms with Crippen molar-refractivity contribution in [2.75, 3.05) is 37.6 Å². The minimum atomic E-state index is -4.34. The first-order valence-electron chi connectivity index (χ1n) is 12.7. The van der Waals surface area contributed by atoms with Crippen LogP contribution in [0.15, 0.2) is 24.3 Å². The topological polar surface area (TPSA) is 45.3 Å². The van der Waals surface area contributed by atoms with Crippen LogP contribution in [-0.4, -0.2) is 60.9 Å². The maximum Gasteiger partial charge on any atom is 0.416 e. The molecule has 7 atom stereocenters. The highest BCUT2D eigenvalue weighted by Gasteiger charge is 2.77. The van der Waals surface area contributed by atoms with E-state index in [-0.39, 0.29) is 29.5 Å². The van der Waals surface area contributed by atoms with Crippen LogP contribution < -0.4 is 4.90 Å². The highest BCUT2D eigenvalue weighted by Crippen LogP contribution is 2.66. The number of fused-ring (bicyclic) bond motifs is 1. The van der Waals surface area contributed by atoms with Gasteiger partial charge in [0.15, 0.2) is 0 Å². The summed E-state index contributed by atoms with van der Waals surface area (Å²) in [6.07, 6.45) is -0.100. The molecular weight excluding hydrogens is 445 g/mol. The summed E-state index contributed by atoms with van der Waals surface area (Å²) in [6, 6.07) is 5.55. The number of hydrogen-bond acceptors (Lipinski definition) is 5. The number of esters is 1. The van der Waals surface area contributed by atoms with Crippen molar-refractivity contribution in [1.29, 1.82) is 0 Å². The third kappa shape index (κ3) is 3.39. The second kappa shape index (κ2) is 7.60. The molecule has 1 aromatic carbocycles. The summed E-state index contributed by atoms with van der Waals surface area (Å²) in [4.78, 5) is 17.5. The Morgan fingerprint density at radius 2 is 1.85 bits per heavy atom. The number of piperazine rings is 1. The molecule has 3 saturated heterocycles. The van der Waals surface area contributed by atoms with E-state index in [0.717, 1.165) is 44.8 Å². The third-order valence-electron chi connectivity index (χ3n) is 9.46. The summed E-state index contributed by atoms with van der Waals surface area (Å²) < 4.78 is 51.9. The average Bonchev–Trinajstić information content (AvgIpc) is 3.43. The van der Waals surface area contributed by atoms with E-state index < -0.39 is 17.3 Å². The minimum Gasteiger partial charge on any atom is -0.455 e. The molecule has 3 aliphatic heterocycles. The summed E-state index contributed by atoms with van der Waals surface area (Å²) in [6.45, 7) is 7.83. The number of ether oxygens (including phenoxy) is 2. The van der Waals surface area contributed by atoms with Gasteiger partial charge in [-0.1, -0.05) is 13.0 Å². The number of benzene rings is 1. The number of carbonyl (C=O) groups excluding carboxylic acids is 1. The summed E-state index contributed by atoms with van der Waals surface area (Å²) >= 11 is 0. The Morgan fingerprint density at radius 1 is 1.09 bits per heavy atom. The number of carbonyl (C=O) groups is 1. The predicted octanol–water partition coefficient (Wildman–Crippen LogP) is 4.35.